The fraction of sp³-hybridized carbons (Fsp3) is 0.375. The molecule has 1 rings (SSSR count). The Bertz CT molecular complexity index is 274. The Kier molecular flexibility index (Phi) is 3.32. The second-order valence-electron chi connectivity index (χ2n) is 2.80. The largest absolute Gasteiger partial charge is 0.328 e. The normalized spacial score (nSPS) is 13.0. The number of aromatic nitrogens is 1. The van der Waals surface area contributed by atoms with E-state index in [0.717, 1.165) is 12.0 Å². The molecule has 1 aromatic heterocycles. The molecule has 0 radical (unpaired) electrons. The fourth-order valence-corrected chi connectivity index (χ4v) is 1.24. The monoisotopic (exact) mass is 204 g/mol. The second kappa shape index (κ2) is 4.08. The van der Waals surface area contributed by atoms with E-state index in [1.165, 1.54) is 0 Å². The van der Waals surface area contributed by atoms with Gasteiger partial charge in [-0.15, -0.1) is 0 Å². The molecular weight excluding hydrogens is 195 g/mol. The predicted molar refractivity (Wildman–Crippen MR) is 51.6 cm³/mol. The molecule has 66 valence electrons. The highest BCUT2D eigenvalue weighted by molar-refractivity contribution is 6.41. The Balaban J connectivity index is 2.82. The molecule has 0 unspecified atom stereocenters. The highest BCUT2D eigenvalue weighted by Gasteiger charge is 2.02. The van der Waals surface area contributed by atoms with Crippen molar-refractivity contribution < 1.29 is 0 Å². The molecule has 0 aliphatic heterocycles. The molecule has 1 aromatic rings. The molecule has 0 spiro atoms. The van der Waals surface area contributed by atoms with Crippen LogP contribution in [0.25, 0.3) is 0 Å². The molecule has 1 heterocycles. The minimum atomic E-state index is 0.115. The van der Waals surface area contributed by atoms with Crippen LogP contribution in [0.4, 0.5) is 0 Å². The molecule has 0 bridgehead atoms. The van der Waals surface area contributed by atoms with Gasteiger partial charge in [-0.1, -0.05) is 23.2 Å². The lowest BCUT2D eigenvalue weighted by Gasteiger charge is -2.04. The number of nitrogens with zero attached hydrogens (tertiary/aromatic N) is 1. The fourth-order valence-electron chi connectivity index (χ4n) is 0.944. The number of hydrogen-bond donors (Lipinski definition) is 1. The minimum Gasteiger partial charge on any atom is -0.328 e. The summed E-state index contributed by atoms with van der Waals surface area (Å²) in [5, 5.41) is 0.819. The lowest BCUT2D eigenvalue weighted by molar-refractivity contribution is 0.736. The van der Waals surface area contributed by atoms with Crippen LogP contribution in [0.5, 0.6) is 0 Å². The van der Waals surface area contributed by atoms with Crippen molar-refractivity contribution in [2.24, 2.45) is 5.73 Å². The van der Waals surface area contributed by atoms with Crippen molar-refractivity contribution in [2.75, 3.05) is 0 Å². The summed E-state index contributed by atoms with van der Waals surface area (Å²) in [7, 11) is 0. The molecule has 1 atom stereocenters. The van der Waals surface area contributed by atoms with E-state index in [0.29, 0.717) is 10.2 Å². The molecule has 0 aliphatic rings. The Morgan fingerprint density at radius 1 is 1.58 bits per heavy atom. The zero-order valence-electron chi connectivity index (χ0n) is 6.72. The third-order valence-corrected chi connectivity index (χ3v) is 2.10. The highest BCUT2D eigenvalue weighted by atomic mass is 35.5. The van der Waals surface area contributed by atoms with Gasteiger partial charge in [-0.2, -0.15) is 0 Å². The minimum absolute atomic E-state index is 0.115. The number of hydrogen-bond acceptors (Lipinski definition) is 2. The molecule has 0 aromatic carbocycles. The molecule has 0 saturated heterocycles. The average molecular weight is 205 g/mol. The van der Waals surface area contributed by atoms with Gasteiger partial charge in [-0.25, -0.2) is 4.98 Å². The number of pyridine rings is 1. The maximum atomic E-state index is 5.76. The van der Waals surface area contributed by atoms with Crippen LogP contribution < -0.4 is 5.73 Å². The summed E-state index contributed by atoms with van der Waals surface area (Å²) in [6, 6.07) is 1.91. The van der Waals surface area contributed by atoms with E-state index in [2.05, 4.69) is 4.98 Å². The van der Waals surface area contributed by atoms with Gasteiger partial charge in [0.2, 0.25) is 0 Å². The van der Waals surface area contributed by atoms with Crippen molar-refractivity contribution in [3.05, 3.63) is 28.0 Å². The first-order chi connectivity index (χ1) is 5.59. The van der Waals surface area contributed by atoms with Crippen LogP contribution >= 0.6 is 23.2 Å². The molecule has 0 saturated carbocycles. The Morgan fingerprint density at radius 2 is 2.25 bits per heavy atom. The van der Waals surface area contributed by atoms with Crippen molar-refractivity contribution in [1.82, 2.24) is 4.98 Å². The van der Waals surface area contributed by atoms with E-state index >= 15 is 0 Å². The average Bonchev–Trinajstić information content (AvgIpc) is 1.96. The van der Waals surface area contributed by atoms with Crippen LogP contribution in [-0.2, 0) is 6.42 Å². The molecule has 0 fully saturated rings. The van der Waals surface area contributed by atoms with E-state index in [4.69, 9.17) is 28.9 Å². The summed E-state index contributed by atoms with van der Waals surface area (Å²) in [5.41, 5.74) is 6.62. The van der Waals surface area contributed by atoms with Crippen LogP contribution in [-0.4, -0.2) is 11.0 Å². The van der Waals surface area contributed by atoms with Crippen molar-refractivity contribution >= 4 is 23.2 Å². The molecule has 2 nitrogen and oxygen atoms in total. The quantitative estimate of drug-likeness (QED) is 0.752. The van der Waals surface area contributed by atoms with Gasteiger partial charge in [0.1, 0.15) is 5.15 Å². The zero-order valence-corrected chi connectivity index (χ0v) is 8.23. The van der Waals surface area contributed by atoms with Crippen molar-refractivity contribution in [2.45, 2.75) is 19.4 Å². The van der Waals surface area contributed by atoms with Gasteiger partial charge in [-0.3, -0.25) is 0 Å². The third-order valence-electron chi connectivity index (χ3n) is 1.41. The summed E-state index contributed by atoms with van der Waals surface area (Å²) in [4.78, 5) is 3.91. The van der Waals surface area contributed by atoms with Crippen LogP contribution in [0, 0.1) is 0 Å². The van der Waals surface area contributed by atoms with Crippen LogP contribution in [0.3, 0.4) is 0 Å². The van der Waals surface area contributed by atoms with Gasteiger partial charge in [0.05, 0.1) is 5.02 Å². The van der Waals surface area contributed by atoms with Crippen LogP contribution in [0.1, 0.15) is 12.5 Å². The van der Waals surface area contributed by atoms with Gasteiger partial charge in [-0.05, 0) is 25.0 Å². The molecular formula is C8H10Cl2N2. The summed E-state index contributed by atoms with van der Waals surface area (Å²) in [6.07, 6.45) is 2.46. The highest BCUT2D eigenvalue weighted by Crippen LogP contribution is 2.19. The first kappa shape index (κ1) is 9.78. The molecule has 0 amide bonds. The van der Waals surface area contributed by atoms with E-state index < -0.39 is 0 Å². The number of halogens is 2. The first-order valence-electron chi connectivity index (χ1n) is 3.65. The molecule has 4 heteroatoms. The van der Waals surface area contributed by atoms with E-state index in [1.54, 1.807) is 12.3 Å². The van der Waals surface area contributed by atoms with E-state index in [1.807, 2.05) is 6.92 Å². The van der Waals surface area contributed by atoms with E-state index in [-0.39, 0.29) is 6.04 Å². The predicted octanol–water partition coefficient (Wildman–Crippen LogP) is 2.28. The van der Waals surface area contributed by atoms with Gasteiger partial charge in [0, 0.05) is 12.2 Å². The van der Waals surface area contributed by atoms with Gasteiger partial charge in [0.25, 0.3) is 0 Å². The number of rotatable bonds is 2. The van der Waals surface area contributed by atoms with Crippen molar-refractivity contribution in [1.29, 1.82) is 0 Å². The van der Waals surface area contributed by atoms with Gasteiger partial charge >= 0.3 is 0 Å². The third kappa shape index (κ3) is 2.63. The maximum absolute atomic E-state index is 5.76. The molecule has 12 heavy (non-hydrogen) atoms. The summed E-state index contributed by atoms with van der Waals surface area (Å²) in [5.74, 6) is 0. The first-order valence-corrected chi connectivity index (χ1v) is 4.40. The van der Waals surface area contributed by atoms with Crippen LogP contribution in [0.15, 0.2) is 12.3 Å². The summed E-state index contributed by atoms with van der Waals surface area (Å²) in [6.45, 7) is 1.93. The van der Waals surface area contributed by atoms with Crippen LogP contribution in [0.2, 0.25) is 10.2 Å². The Labute approximate surface area is 81.7 Å². The smallest absolute Gasteiger partial charge is 0.147 e. The maximum Gasteiger partial charge on any atom is 0.147 e. The van der Waals surface area contributed by atoms with Crippen molar-refractivity contribution in [3.8, 4) is 0 Å². The zero-order chi connectivity index (χ0) is 9.14. The van der Waals surface area contributed by atoms with Gasteiger partial charge in [0.15, 0.2) is 0 Å². The van der Waals surface area contributed by atoms with Gasteiger partial charge < -0.3 is 5.73 Å². The summed E-state index contributed by atoms with van der Waals surface area (Å²) >= 11 is 11.4. The Morgan fingerprint density at radius 3 is 2.75 bits per heavy atom. The SMILES string of the molecule is C[C@@H](N)Cc1cnc(Cl)c(Cl)c1. The molecule has 2 N–H and O–H groups in total. The lowest BCUT2D eigenvalue weighted by Crippen LogP contribution is -2.17. The summed E-state index contributed by atoms with van der Waals surface area (Å²) < 4.78 is 0. The lowest BCUT2D eigenvalue weighted by atomic mass is 10.1. The molecule has 0 aliphatic carbocycles. The van der Waals surface area contributed by atoms with E-state index in [9.17, 15) is 0 Å². The topological polar surface area (TPSA) is 38.9 Å². The number of nitrogens with two attached hydrogens (primary N) is 1. The Hall–Kier alpha value is -0.310. The standard InChI is InChI=1S/C8H10Cl2N2/c1-5(11)2-6-3-7(9)8(10)12-4-6/h3-5H,2,11H2,1H3/t5-/m1/s1. The van der Waals surface area contributed by atoms with Crippen molar-refractivity contribution in [3.63, 3.8) is 0 Å². The second-order valence-corrected chi connectivity index (χ2v) is 3.56.